The van der Waals surface area contributed by atoms with Gasteiger partial charge in [-0.05, 0) is 29.8 Å². The minimum absolute atomic E-state index is 0.212. The van der Waals surface area contributed by atoms with Gasteiger partial charge in [-0.25, -0.2) is 0 Å². The predicted molar refractivity (Wildman–Crippen MR) is 105 cm³/mol. The number of benzene rings is 3. The van der Waals surface area contributed by atoms with Crippen LogP contribution in [0.4, 0.5) is 0 Å². The Morgan fingerprint density at radius 2 is 1.71 bits per heavy atom. The zero-order chi connectivity index (χ0) is 18.9. The lowest BCUT2D eigenvalue weighted by molar-refractivity contribution is 0.174. The molecule has 2 heterocycles. The van der Waals surface area contributed by atoms with Gasteiger partial charge in [-0.2, -0.15) is 0 Å². The maximum absolute atomic E-state index is 6.09. The molecule has 1 aliphatic heterocycles. The van der Waals surface area contributed by atoms with E-state index in [9.17, 15) is 0 Å². The minimum atomic E-state index is 0.212. The van der Waals surface area contributed by atoms with Crippen LogP contribution in [-0.4, -0.2) is 13.9 Å². The summed E-state index contributed by atoms with van der Waals surface area (Å²) < 4.78 is 28.4. The second-order valence-corrected chi connectivity index (χ2v) is 6.49. The summed E-state index contributed by atoms with van der Waals surface area (Å²) in [7, 11) is 1.62. The maximum atomic E-state index is 6.09. The van der Waals surface area contributed by atoms with Crippen molar-refractivity contribution < 1.29 is 23.4 Å². The van der Waals surface area contributed by atoms with E-state index in [0.717, 1.165) is 27.8 Å². The fourth-order valence-corrected chi connectivity index (χ4v) is 3.26. The van der Waals surface area contributed by atoms with E-state index in [2.05, 4.69) is 0 Å². The number of methoxy groups -OCH3 is 1. The van der Waals surface area contributed by atoms with Crippen LogP contribution in [0.25, 0.3) is 22.3 Å². The Bertz CT molecular complexity index is 1130. The molecule has 0 bridgehead atoms. The van der Waals surface area contributed by atoms with Crippen LogP contribution in [-0.2, 0) is 6.61 Å². The van der Waals surface area contributed by atoms with E-state index in [-0.39, 0.29) is 6.79 Å². The monoisotopic (exact) mass is 374 g/mol. The zero-order valence-corrected chi connectivity index (χ0v) is 15.3. The standard InChI is InChI=1S/C23H18O5/c1-24-20-12-23-22(26-14-27-23)11-18(20)21-9-16-7-8-17(10-19(16)28-21)25-13-15-5-3-2-4-6-15/h2-12H,13-14H2,1H3. The summed E-state index contributed by atoms with van der Waals surface area (Å²) >= 11 is 0. The molecule has 0 saturated carbocycles. The van der Waals surface area contributed by atoms with Gasteiger partial charge in [0.1, 0.15) is 29.4 Å². The second kappa shape index (κ2) is 6.85. The molecule has 0 radical (unpaired) electrons. The van der Waals surface area contributed by atoms with E-state index in [4.69, 9.17) is 23.4 Å². The van der Waals surface area contributed by atoms with Crippen LogP contribution < -0.4 is 18.9 Å². The van der Waals surface area contributed by atoms with Crippen molar-refractivity contribution in [1.82, 2.24) is 0 Å². The minimum Gasteiger partial charge on any atom is -0.496 e. The largest absolute Gasteiger partial charge is 0.496 e. The molecule has 0 N–H and O–H groups in total. The van der Waals surface area contributed by atoms with E-state index >= 15 is 0 Å². The molecule has 0 spiro atoms. The van der Waals surface area contributed by atoms with Crippen molar-refractivity contribution in [2.45, 2.75) is 6.61 Å². The Balaban J connectivity index is 1.46. The van der Waals surface area contributed by atoms with E-state index in [1.807, 2.05) is 66.7 Å². The summed E-state index contributed by atoms with van der Waals surface area (Å²) in [5.74, 6) is 3.49. The van der Waals surface area contributed by atoms with E-state index in [1.54, 1.807) is 7.11 Å². The first-order chi connectivity index (χ1) is 13.8. The van der Waals surface area contributed by atoms with Gasteiger partial charge in [0, 0.05) is 17.5 Å². The molecule has 0 unspecified atom stereocenters. The van der Waals surface area contributed by atoms with Crippen molar-refractivity contribution in [2.24, 2.45) is 0 Å². The van der Waals surface area contributed by atoms with Gasteiger partial charge >= 0.3 is 0 Å². The number of fused-ring (bicyclic) bond motifs is 2. The Morgan fingerprint density at radius 3 is 2.54 bits per heavy atom. The highest BCUT2D eigenvalue weighted by atomic mass is 16.7. The van der Waals surface area contributed by atoms with Gasteiger partial charge in [-0.3, -0.25) is 0 Å². The van der Waals surface area contributed by atoms with Crippen LogP contribution in [0, 0.1) is 0 Å². The lowest BCUT2D eigenvalue weighted by Crippen LogP contribution is -1.94. The average molecular weight is 374 g/mol. The van der Waals surface area contributed by atoms with Gasteiger partial charge in [-0.15, -0.1) is 0 Å². The molecule has 0 atom stereocenters. The molecule has 5 heteroatoms. The van der Waals surface area contributed by atoms with Crippen LogP contribution in [0.5, 0.6) is 23.0 Å². The first-order valence-corrected chi connectivity index (χ1v) is 8.98. The van der Waals surface area contributed by atoms with Crippen LogP contribution in [0.3, 0.4) is 0 Å². The van der Waals surface area contributed by atoms with Gasteiger partial charge in [0.25, 0.3) is 0 Å². The number of hydrogen-bond donors (Lipinski definition) is 0. The Morgan fingerprint density at radius 1 is 0.893 bits per heavy atom. The van der Waals surface area contributed by atoms with E-state index in [0.29, 0.717) is 29.6 Å². The van der Waals surface area contributed by atoms with E-state index < -0.39 is 0 Å². The Labute approximate surface area is 162 Å². The van der Waals surface area contributed by atoms with Crippen LogP contribution >= 0.6 is 0 Å². The molecule has 3 aromatic carbocycles. The number of furan rings is 1. The molecule has 0 aliphatic carbocycles. The molecule has 1 aliphatic rings. The SMILES string of the molecule is COc1cc2c(cc1-c1cc3ccc(OCc4ccccc4)cc3o1)OCO2. The van der Waals surface area contributed by atoms with Gasteiger partial charge in [-0.1, -0.05) is 30.3 Å². The molecule has 5 nitrogen and oxygen atoms in total. The first kappa shape index (κ1) is 16.6. The fraction of sp³-hybridized carbons (Fsp3) is 0.130. The van der Waals surface area contributed by atoms with Gasteiger partial charge in [0.15, 0.2) is 11.5 Å². The molecule has 0 fully saturated rings. The molecule has 1 aromatic heterocycles. The summed E-state index contributed by atoms with van der Waals surface area (Å²) in [4.78, 5) is 0. The lowest BCUT2D eigenvalue weighted by atomic mass is 10.1. The van der Waals surface area contributed by atoms with Crippen molar-refractivity contribution in [1.29, 1.82) is 0 Å². The molecule has 0 saturated heterocycles. The van der Waals surface area contributed by atoms with Gasteiger partial charge < -0.3 is 23.4 Å². The maximum Gasteiger partial charge on any atom is 0.231 e. The normalized spacial score (nSPS) is 12.3. The summed E-state index contributed by atoms with van der Waals surface area (Å²) in [5.41, 5.74) is 2.68. The van der Waals surface area contributed by atoms with Crippen LogP contribution in [0.15, 0.2) is 71.1 Å². The smallest absolute Gasteiger partial charge is 0.231 e. The lowest BCUT2D eigenvalue weighted by Gasteiger charge is -2.07. The summed E-state index contributed by atoms with van der Waals surface area (Å²) in [6.45, 7) is 0.722. The van der Waals surface area contributed by atoms with Crippen molar-refractivity contribution in [2.75, 3.05) is 13.9 Å². The van der Waals surface area contributed by atoms with Crippen molar-refractivity contribution in [3.63, 3.8) is 0 Å². The van der Waals surface area contributed by atoms with Crippen LogP contribution in [0.1, 0.15) is 5.56 Å². The number of hydrogen-bond acceptors (Lipinski definition) is 5. The third-order valence-electron chi connectivity index (χ3n) is 4.70. The van der Waals surface area contributed by atoms with E-state index in [1.165, 1.54) is 0 Å². The Hall–Kier alpha value is -3.60. The second-order valence-electron chi connectivity index (χ2n) is 6.49. The zero-order valence-electron chi connectivity index (χ0n) is 15.3. The predicted octanol–water partition coefficient (Wildman–Crippen LogP) is 5.42. The highest BCUT2D eigenvalue weighted by Gasteiger charge is 2.20. The quantitative estimate of drug-likeness (QED) is 0.467. The Kier molecular flexibility index (Phi) is 4.05. The van der Waals surface area contributed by atoms with Crippen molar-refractivity contribution in [3.05, 3.63) is 72.3 Å². The third-order valence-corrected chi connectivity index (χ3v) is 4.70. The number of rotatable bonds is 5. The molecular weight excluding hydrogens is 356 g/mol. The van der Waals surface area contributed by atoms with Gasteiger partial charge in [0.2, 0.25) is 6.79 Å². The summed E-state index contributed by atoms with van der Waals surface area (Å²) in [5, 5.41) is 0.988. The number of ether oxygens (including phenoxy) is 4. The molecular formula is C23H18O5. The summed E-state index contributed by atoms with van der Waals surface area (Å²) in [6.07, 6.45) is 0. The highest BCUT2D eigenvalue weighted by Crippen LogP contribution is 2.43. The molecule has 28 heavy (non-hydrogen) atoms. The summed E-state index contributed by atoms with van der Waals surface area (Å²) in [6, 6.07) is 21.6. The first-order valence-electron chi connectivity index (χ1n) is 8.98. The molecule has 140 valence electrons. The molecule has 5 rings (SSSR count). The van der Waals surface area contributed by atoms with Crippen molar-refractivity contribution in [3.8, 4) is 34.3 Å². The highest BCUT2D eigenvalue weighted by molar-refractivity contribution is 5.85. The van der Waals surface area contributed by atoms with Crippen LogP contribution in [0.2, 0.25) is 0 Å². The van der Waals surface area contributed by atoms with Gasteiger partial charge in [0.05, 0.1) is 12.7 Å². The average Bonchev–Trinajstić information content (AvgIpc) is 3.37. The van der Waals surface area contributed by atoms with Crippen molar-refractivity contribution >= 4 is 11.0 Å². The topological polar surface area (TPSA) is 50.1 Å². The third kappa shape index (κ3) is 3.01. The fourth-order valence-electron chi connectivity index (χ4n) is 3.26. The molecule has 0 amide bonds. The molecule has 4 aromatic rings.